The Morgan fingerprint density at radius 2 is 2.33 bits per heavy atom. The maximum Gasteiger partial charge on any atom is 0.242 e. The molecule has 0 radical (unpaired) electrons. The fraction of sp³-hybridized carbons (Fsp3) is 0.533. The monoisotopic (exact) mass is 287 g/mol. The number of nitrogens with one attached hydrogen (secondary N) is 1. The molecule has 1 aliphatic heterocycles. The Morgan fingerprint density at radius 1 is 1.43 bits per heavy atom. The van der Waals surface area contributed by atoms with E-state index >= 15 is 0 Å². The third-order valence-electron chi connectivity index (χ3n) is 4.10. The highest BCUT2D eigenvalue weighted by Crippen LogP contribution is 2.24. The molecule has 0 bridgehead atoms. The van der Waals surface area contributed by atoms with Gasteiger partial charge in [-0.25, -0.2) is 9.97 Å². The molecule has 6 heteroatoms. The molecular formula is C15H21N5O. The Kier molecular flexibility index (Phi) is 4.03. The number of rotatable bonds is 4. The lowest BCUT2D eigenvalue weighted by atomic mass is 9.97. The zero-order chi connectivity index (χ0) is 14.7. The maximum absolute atomic E-state index is 12.5. The number of piperidine rings is 1. The highest BCUT2D eigenvalue weighted by Gasteiger charge is 2.26. The molecule has 0 saturated carbocycles. The smallest absolute Gasteiger partial charge is 0.242 e. The highest BCUT2D eigenvalue weighted by atomic mass is 16.2. The van der Waals surface area contributed by atoms with E-state index in [0.29, 0.717) is 12.5 Å². The number of carbonyl (C=O) groups excluding carboxylic acids is 1. The summed E-state index contributed by atoms with van der Waals surface area (Å²) >= 11 is 0. The predicted molar refractivity (Wildman–Crippen MR) is 78.7 cm³/mol. The van der Waals surface area contributed by atoms with Crippen molar-refractivity contribution in [1.82, 2.24) is 24.4 Å². The Balaban J connectivity index is 1.64. The van der Waals surface area contributed by atoms with Gasteiger partial charge in [0, 0.05) is 50.2 Å². The van der Waals surface area contributed by atoms with Gasteiger partial charge in [-0.05, 0) is 12.8 Å². The van der Waals surface area contributed by atoms with Crippen LogP contribution in [0.25, 0.3) is 0 Å². The van der Waals surface area contributed by atoms with Gasteiger partial charge < -0.3 is 14.5 Å². The van der Waals surface area contributed by atoms with Crippen LogP contribution in [0.4, 0.5) is 0 Å². The van der Waals surface area contributed by atoms with Gasteiger partial charge in [0.05, 0.1) is 0 Å². The highest BCUT2D eigenvalue weighted by molar-refractivity contribution is 5.76. The average molecular weight is 287 g/mol. The maximum atomic E-state index is 12.5. The first-order chi connectivity index (χ1) is 10.3. The van der Waals surface area contributed by atoms with Crippen molar-refractivity contribution < 1.29 is 4.79 Å². The van der Waals surface area contributed by atoms with Crippen LogP contribution in [0.3, 0.4) is 0 Å². The lowest BCUT2D eigenvalue weighted by molar-refractivity contribution is -0.133. The number of aryl methyl sites for hydroxylation is 1. The minimum absolute atomic E-state index is 0.166. The normalized spacial score (nSPS) is 18.9. The number of likely N-dealkylation sites (tertiary alicyclic amines) is 1. The van der Waals surface area contributed by atoms with Crippen molar-refractivity contribution >= 4 is 5.91 Å². The van der Waals surface area contributed by atoms with Crippen LogP contribution in [0.15, 0.2) is 24.8 Å². The van der Waals surface area contributed by atoms with E-state index in [-0.39, 0.29) is 5.91 Å². The Labute approximate surface area is 124 Å². The molecule has 1 amide bonds. The zero-order valence-corrected chi connectivity index (χ0v) is 12.3. The SMILES string of the molecule is CCc1nccn1CC(=O)N1CCC[C@@H](c2ncc[nH]2)C1. The van der Waals surface area contributed by atoms with Crippen LogP contribution < -0.4 is 0 Å². The number of aromatic nitrogens is 4. The van der Waals surface area contributed by atoms with E-state index in [4.69, 9.17) is 0 Å². The van der Waals surface area contributed by atoms with E-state index in [2.05, 4.69) is 21.9 Å². The summed E-state index contributed by atoms with van der Waals surface area (Å²) in [5.41, 5.74) is 0. The third kappa shape index (κ3) is 2.99. The summed E-state index contributed by atoms with van der Waals surface area (Å²) in [5.74, 6) is 2.44. The van der Waals surface area contributed by atoms with Gasteiger partial charge in [-0.2, -0.15) is 0 Å². The first kappa shape index (κ1) is 13.9. The van der Waals surface area contributed by atoms with Crippen molar-refractivity contribution in [2.24, 2.45) is 0 Å². The number of aromatic amines is 1. The summed E-state index contributed by atoms with van der Waals surface area (Å²) in [5, 5.41) is 0. The molecule has 3 rings (SSSR count). The Morgan fingerprint density at radius 3 is 3.10 bits per heavy atom. The summed E-state index contributed by atoms with van der Waals surface area (Å²) in [6, 6.07) is 0. The summed E-state index contributed by atoms with van der Waals surface area (Å²) < 4.78 is 1.94. The first-order valence-corrected chi connectivity index (χ1v) is 7.55. The molecule has 112 valence electrons. The van der Waals surface area contributed by atoms with Gasteiger partial charge in [-0.15, -0.1) is 0 Å². The first-order valence-electron chi connectivity index (χ1n) is 7.55. The van der Waals surface area contributed by atoms with E-state index in [1.807, 2.05) is 21.9 Å². The van der Waals surface area contributed by atoms with Crippen molar-refractivity contribution in [3.63, 3.8) is 0 Å². The van der Waals surface area contributed by atoms with Crippen molar-refractivity contribution in [3.8, 4) is 0 Å². The molecule has 0 aromatic carbocycles. The molecule has 21 heavy (non-hydrogen) atoms. The lowest BCUT2D eigenvalue weighted by Crippen LogP contribution is -2.41. The van der Waals surface area contributed by atoms with Gasteiger partial charge in [0.25, 0.3) is 0 Å². The molecule has 0 spiro atoms. The van der Waals surface area contributed by atoms with Gasteiger partial charge in [-0.3, -0.25) is 4.79 Å². The van der Waals surface area contributed by atoms with Crippen LogP contribution in [-0.2, 0) is 17.8 Å². The van der Waals surface area contributed by atoms with Crippen molar-refractivity contribution in [2.45, 2.75) is 38.6 Å². The van der Waals surface area contributed by atoms with Gasteiger partial charge >= 0.3 is 0 Å². The molecule has 0 aliphatic carbocycles. The quantitative estimate of drug-likeness (QED) is 0.928. The number of carbonyl (C=O) groups is 1. The topological polar surface area (TPSA) is 66.8 Å². The van der Waals surface area contributed by atoms with E-state index in [1.54, 1.807) is 12.4 Å². The second kappa shape index (κ2) is 6.11. The minimum atomic E-state index is 0.166. The molecule has 1 saturated heterocycles. The molecular weight excluding hydrogens is 266 g/mol. The van der Waals surface area contributed by atoms with Gasteiger partial charge in [-0.1, -0.05) is 6.92 Å². The molecule has 3 heterocycles. The molecule has 6 nitrogen and oxygen atoms in total. The van der Waals surface area contributed by atoms with E-state index < -0.39 is 0 Å². The van der Waals surface area contributed by atoms with E-state index in [9.17, 15) is 4.79 Å². The van der Waals surface area contributed by atoms with Crippen LogP contribution >= 0.6 is 0 Å². The largest absolute Gasteiger partial charge is 0.348 e. The second-order valence-electron chi connectivity index (χ2n) is 5.48. The van der Waals surface area contributed by atoms with E-state index in [1.165, 1.54) is 0 Å². The van der Waals surface area contributed by atoms with Crippen molar-refractivity contribution in [1.29, 1.82) is 0 Å². The Hall–Kier alpha value is -2.11. The number of amides is 1. The number of hydrogen-bond donors (Lipinski definition) is 1. The summed E-state index contributed by atoms with van der Waals surface area (Å²) in [4.78, 5) is 26.2. The van der Waals surface area contributed by atoms with E-state index in [0.717, 1.165) is 44.0 Å². The number of hydrogen-bond acceptors (Lipinski definition) is 3. The van der Waals surface area contributed by atoms with Crippen LogP contribution in [0, 0.1) is 0 Å². The standard InChI is InChI=1S/C15H21N5O/c1-2-13-16-7-9-19(13)11-14(21)20-8-3-4-12(10-20)15-17-5-6-18-15/h5-7,9,12H,2-4,8,10-11H2,1H3,(H,17,18)/t12-/m1/s1. The summed E-state index contributed by atoms with van der Waals surface area (Å²) in [7, 11) is 0. The average Bonchev–Trinajstić information content (AvgIpc) is 3.18. The van der Waals surface area contributed by atoms with Crippen LogP contribution in [0.5, 0.6) is 0 Å². The molecule has 0 unspecified atom stereocenters. The molecule has 1 N–H and O–H groups in total. The summed E-state index contributed by atoms with van der Waals surface area (Å²) in [6.45, 7) is 4.03. The second-order valence-corrected chi connectivity index (χ2v) is 5.48. The molecule has 1 aliphatic rings. The van der Waals surface area contributed by atoms with Crippen LogP contribution in [0.1, 0.15) is 37.3 Å². The number of H-pyrrole nitrogens is 1. The van der Waals surface area contributed by atoms with Gasteiger partial charge in [0.15, 0.2) is 0 Å². The van der Waals surface area contributed by atoms with Crippen molar-refractivity contribution in [3.05, 3.63) is 36.4 Å². The van der Waals surface area contributed by atoms with Crippen molar-refractivity contribution in [2.75, 3.05) is 13.1 Å². The molecule has 2 aromatic heterocycles. The number of nitrogens with zero attached hydrogens (tertiary/aromatic N) is 4. The van der Waals surface area contributed by atoms with Crippen LogP contribution in [-0.4, -0.2) is 43.4 Å². The molecule has 1 atom stereocenters. The zero-order valence-electron chi connectivity index (χ0n) is 12.3. The summed E-state index contributed by atoms with van der Waals surface area (Å²) in [6.07, 6.45) is 10.2. The molecule has 2 aromatic rings. The Bertz CT molecular complexity index is 589. The van der Waals surface area contributed by atoms with Gasteiger partial charge in [0.1, 0.15) is 18.2 Å². The third-order valence-corrected chi connectivity index (χ3v) is 4.10. The number of imidazole rings is 2. The fourth-order valence-corrected chi connectivity index (χ4v) is 2.97. The lowest BCUT2D eigenvalue weighted by Gasteiger charge is -2.32. The van der Waals surface area contributed by atoms with Gasteiger partial charge in [0.2, 0.25) is 5.91 Å². The minimum Gasteiger partial charge on any atom is -0.348 e. The predicted octanol–water partition coefficient (Wildman–Crippen LogP) is 1.57. The fourth-order valence-electron chi connectivity index (χ4n) is 2.97. The molecule has 1 fully saturated rings. The van der Waals surface area contributed by atoms with Crippen LogP contribution in [0.2, 0.25) is 0 Å².